The first-order valence-electron chi connectivity index (χ1n) is 5.72. The van der Waals surface area contributed by atoms with Gasteiger partial charge in [-0.3, -0.25) is 0 Å². The van der Waals surface area contributed by atoms with Crippen molar-refractivity contribution in [3.8, 4) is 11.8 Å². The van der Waals surface area contributed by atoms with Gasteiger partial charge in [-0.15, -0.1) is 0 Å². The van der Waals surface area contributed by atoms with Crippen LogP contribution < -0.4 is 10.1 Å². The Hall–Kier alpha value is -1.05. The Kier molecular flexibility index (Phi) is 6.03. The first kappa shape index (κ1) is 14.0. The topological polar surface area (TPSA) is 45.0 Å². The lowest BCUT2D eigenvalue weighted by molar-refractivity contribution is 0.273. The Bertz CT molecular complexity index is 401. The number of nitrogens with zero attached hydrogens (tertiary/aromatic N) is 1. The minimum atomic E-state index is -0.430. The Morgan fingerprint density at radius 3 is 2.94 bits per heavy atom. The predicted octanol–water partition coefficient (Wildman–Crippen LogP) is 3.24. The van der Waals surface area contributed by atoms with Gasteiger partial charge in [-0.25, -0.2) is 0 Å². The van der Waals surface area contributed by atoms with Crippen molar-refractivity contribution in [2.75, 3.05) is 6.54 Å². The van der Waals surface area contributed by atoms with Crippen LogP contribution in [0, 0.1) is 11.3 Å². The van der Waals surface area contributed by atoms with Gasteiger partial charge in [-0.2, -0.15) is 5.26 Å². The van der Waals surface area contributed by atoms with Crippen LogP contribution in [-0.4, -0.2) is 12.6 Å². The summed E-state index contributed by atoms with van der Waals surface area (Å²) in [5.41, 5.74) is 1.06. The number of halogens is 1. The molecule has 1 aromatic rings. The lowest BCUT2D eigenvalue weighted by Crippen LogP contribution is -2.16. The van der Waals surface area contributed by atoms with Crippen LogP contribution in [0.5, 0.6) is 5.75 Å². The third kappa shape index (κ3) is 4.76. The molecule has 0 saturated carbocycles. The number of benzene rings is 1. The molecule has 0 aromatic heterocycles. The molecule has 0 radical (unpaired) electrons. The number of rotatable bonds is 6. The summed E-state index contributed by atoms with van der Waals surface area (Å²) in [6.07, 6.45) is 0.666. The molecule has 0 fully saturated rings. The van der Waals surface area contributed by atoms with Crippen molar-refractivity contribution < 1.29 is 4.74 Å². The zero-order valence-electron chi connectivity index (χ0n) is 10.2. The van der Waals surface area contributed by atoms with Crippen LogP contribution >= 0.6 is 15.9 Å². The van der Waals surface area contributed by atoms with E-state index in [0.29, 0.717) is 0 Å². The maximum absolute atomic E-state index is 8.76. The van der Waals surface area contributed by atoms with Gasteiger partial charge in [0, 0.05) is 16.6 Å². The van der Waals surface area contributed by atoms with Crippen LogP contribution in [0.3, 0.4) is 0 Å². The van der Waals surface area contributed by atoms with Gasteiger partial charge in [0.1, 0.15) is 11.8 Å². The van der Waals surface area contributed by atoms with E-state index >= 15 is 0 Å². The van der Waals surface area contributed by atoms with Crippen molar-refractivity contribution in [1.29, 1.82) is 5.26 Å². The van der Waals surface area contributed by atoms with Gasteiger partial charge in [-0.1, -0.05) is 22.9 Å². The maximum atomic E-state index is 8.76. The molecule has 92 valence electrons. The monoisotopic (exact) mass is 296 g/mol. The van der Waals surface area contributed by atoms with E-state index in [4.69, 9.17) is 10.00 Å². The van der Waals surface area contributed by atoms with E-state index in [1.165, 1.54) is 0 Å². The fraction of sp³-hybridized carbons (Fsp3) is 0.462. The average Bonchev–Trinajstić information content (AvgIpc) is 2.32. The van der Waals surface area contributed by atoms with E-state index in [2.05, 4.69) is 34.2 Å². The molecule has 0 aliphatic carbocycles. The predicted molar refractivity (Wildman–Crippen MR) is 71.8 cm³/mol. The molecule has 0 aliphatic rings. The summed E-state index contributed by atoms with van der Waals surface area (Å²) >= 11 is 3.44. The Balaban J connectivity index is 2.77. The first-order valence-corrected chi connectivity index (χ1v) is 6.52. The number of nitrogens with one attached hydrogen (secondary N) is 1. The van der Waals surface area contributed by atoms with E-state index < -0.39 is 6.10 Å². The zero-order chi connectivity index (χ0) is 12.7. The lowest BCUT2D eigenvalue weighted by Gasteiger charge is -2.13. The van der Waals surface area contributed by atoms with Crippen molar-refractivity contribution in [3.05, 3.63) is 28.2 Å². The van der Waals surface area contributed by atoms with Gasteiger partial charge >= 0.3 is 0 Å². The standard InChI is InChI=1S/C13H17BrN2O/c1-3-6-16-9-11-7-12(14)4-5-13(11)17-10(2)8-15/h4-5,7,10,16H,3,6,9H2,1-2H3. The average molecular weight is 297 g/mol. The van der Waals surface area contributed by atoms with E-state index in [9.17, 15) is 0 Å². The van der Waals surface area contributed by atoms with Crippen LogP contribution in [-0.2, 0) is 6.54 Å². The highest BCUT2D eigenvalue weighted by molar-refractivity contribution is 9.10. The quantitative estimate of drug-likeness (QED) is 0.820. The van der Waals surface area contributed by atoms with E-state index in [0.717, 1.165) is 35.3 Å². The van der Waals surface area contributed by atoms with Gasteiger partial charge in [0.2, 0.25) is 0 Å². The molecule has 17 heavy (non-hydrogen) atoms. The van der Waals surface area contributed by atoms with E-state index in [1.807, 2.05) is 18.2 Å². The van der Waals surface area contributed by atoms with Gasteiger partial charge in [0.15, 0.2) is 6.10 Å². The fourth-order valence-corrected chi connectivity index (χ4v) is 1.83. The summed E-state index contributed by atoms with van der Waals surface area (Å²) < 4.78 is 6.57. The van der Waals surface area contributed by atoms with Gasteiger partial charge in [0.05, 0.1) is 0 Å². The Labute approximate surface area is 111 Å². The minimum absolute atomic E-state index is 0.430. The summed E-state index contributed by atoms with van der Waals surface area (Å²) in [5.74, 6) is 0.769. The molecule has 4 heteroatoms. The van der Waals surface area contributed by atoms with Gasteiger partial charge < -0.3 is 10.1 Å². The third-order valence-electron chi connectivity index (χ3n) is 2.25. The zero-order valence-corrected chi connectivity index (χ0v) is 11.8. The second-order valence-electron chi connectivity index (χ2n) is 3.82. The summed E-state index contributed by atoms with van der Waals surface area (Å²) in [6.45, 7) is 5.59. The number of hydrogen-bond donors (Lipinski definition) is 1. The molecule has 0 saturated heterocycles. The molecule has 1 N–H and O–H groups in total. The summed E-state index contributed by atoms with van der Waals surface area (Å²) in [4.78, 5) is 0. The largest absolute Gasteiger partial charge is 0.476 e. The summed E-state index contributed by atoms with van der Waals surface area (Å²) in [5, 5.41) is 12.1. The normalized spacial score (nSPS) is 11.9. The number of nitriles is 1. The summed E-state index contributed by atoms with van der Waals surface area (Å²) in [7, 11) is 0. The fourth-order valence-electron chi connectivity index (χ4n) is 1.42. The Morgan fingerprint density at radius 2 is 2.29 bits per heavy atom. The first-order chi connectivity index (χ1) is 8.17. The van der Waals surface area contributed by atoms with Crippen molar-refractivity contribution in [1.82, 2.24) is 5.32 Å². The SMILES string of the molecule is CCCNCc1cc(Br)ccc1OC(C)C#N. The summed E-state index contributed by atoms with van der Waals surface area (Å²) in [6, 6.07) is 7.89. The highest BCUT2D eigenvalue weighted by atomic mass is 79.9. The van der Waals surface area contributed by atoms with E-state index in [-0.39, 0.29) is 0 Å². The molecule has 1 aromatic carbocycles. The molecule has 0 aliphatic heterocycles. The van der Waals surface area contributed by atoms with Crippen LogP contribution in [0.2, 0.25) is 0 Å². The van der Waals surface area contributed by atoms with Gasteiger partial charge in [-0.05, 0) is 38.1 Å². The molecule has 0 heterocycles. The molecule has 0 spiro atoms. The smallest absolute Gasteiger partial charge is 0.181 e. The van der Waals surface area contributed by atoms with Crippen LogP contribution in [0.4, 0.5) is 0 Å². The Morgan fingerprint density at radius 1 is 1.53 bits per heavy atom. The van der Waals surface area contributed by atoms with Crippen LogP contribution in [0.1, 0.15) is 25.8 Å². The van der Waals surface area contributed by atoms with Gasteiger partial charge in [0.25, 0.3) is 0 Å². The highest BCUT2D eigenvalue weighted by Crippen LogP contribution is 2.24. The minimum Gasteiger partial charge on any atom is -0.476 e. The second kappa shape index (κ2) is 7.31. The molecule has 0 amide bonds. The number of hydrogen-bond acceptors (Lipinski definition) is 3. The molecule has 1 unspecified atom stereocenters. The molecule has 3 nitrogen and oxygen atoms in total. The number of ether oxygens (including phenoxy) is 1. The van der Waals surface area contributed by atoms with Crippen LogP contribution in [0.25, 0.3) is 0 Å². The van der Waals surface area contributed by atoms with Crippen molar-refractivity contribution in [3.63, 3.8) is 0 Å². The van der Waals surface area contributed by atoms with Crippen molar-refractivity contribution >= 4 is 15.9 Å². The van der Waals surface area contributed by atoms with Crippen molar-refractivity contribution in [2.45, 2.75) is 32.9 Å². The molecule has 0 bridgehead atoms. The molecule has 1 rings (SSSR count). The third-order valence-corrected chi connectivity index (χ3v) is 2.74. The molecular weight excluding hydrogens is 280 g/mol. The van der Waals surface area contributed by atoms with E-state index in [1.54, 1.807) is 6.92 Å². The lowest BCUT2D eigenvalue weighted by atomic mass is 10.2. The molecule has 1 atom stereocenters. The second-order valence-corrected chi connectivity index (χ2v) is 4.73. The molecular formula is C13H17BrN2O. The highest BCUT2D eigenvalue weighted by Gasteiger charge is 2.07. The maximum Gasteiger partial charge on any atom is 0.181 e. The van der Waals surface area contributed by atoms with Crippen molar-refractivity contribution in [2.24, 2.45) is 0 Å². The van der Waals surface area contributed by atoms with Crippen LogP contribution in [0.15, 0.2) is 22.7 Å².